The first-order valence-corrected chi connectivity index (χ1v) is 7.01. The summed E-state index contributed by atoms with van der Waals surface area (Å²) in [5.74, 6) is 0. The third-order valence-electron chi connectivity index (χ3n) is 3.18. The van der Waals surface area contributed by atoms with Gasteiger partial charge in [0.25, 0.3) is 0 Å². The van der Waals surface area contributed by atoms with Crippen molar-refractivity contribution in [2.75, 3.05) is 0 Å². The Hall–Kier alpha value is -1.37. The summed E-state index contributed by atoms with van der Waals surface area (Å²) in [6.45, 7) is 11.1. The van der Waals surface area contributed by atoms with E-state index >= 15 is 0 Å². The zero-order valence-electron chi connectivity index (χ0n) is 13.3. The average Bonchev–Trinajstić information content (AvgIpc) is 3.01. The highest BCUT2D eigenvalue weighted by Crippen LogP contribution is 2.03. The van der Waals surface area contributed by atoms with Crippen molar-refractivity contribution in [3.63, 3.8) is 0 Å². The SMILES string of the molecule is CCn1cc(CN)c(C)n1.CCn1cc(CN)c(C)n1.Cl. The molecule has 0 aromatic carbocycles. The largest absolute Gasteiger partial charge is 0.326 e. The number of hydrogen-bond acceptors (Lipinski definition) is 4. The van der Waals surface area contributed by atoms with Crippen molar-refractivity contribution in [3.05, 3.63) is 34.9 Å². The second kappa shape index (κ2) is 9.55. The predicted octanol–water partition coefficient (Wildman–Crippen LogP) is 1.76. The lowest BCUT2D eigenvalue weighted by Crippen LogP contribution is -1.95. The van der Waals surface area contributed by atoms with Gasteiger partial charge in [-0.15, -0.1) is 12.4 Å². The van der Waals surface area contributed by atoms with Crippen LogP contribution in [0.25, 0.3) is 0 Å². The molecule has 21 heavy (non-hydrogen) atoms. The highest BCUT2D eigenvalue weighted by Gasteiger charge is 2.00. The number of nitrogens with zero attached hydrogens (tertiary/aromatic N) is 4. The molecule has 120 valence electrons. The molecule has 0 saturated heterocycles. The molecule has 0 radical (unpaired) electrons. The standard InChI is InChI=1S/2C7H13N3.ClH/c2*1-3-10-5-7(4-8)6(2)9-10;/h2*5H,3-4,8H2,1-2H3;1H. The smallest absolute Gasteiger partial charge is 0.0638 e. The maximum atomic E-state index is 5.47. The van der Waals surface area contributed by atoms with Gasteiger partial charge in [-0.05, 0) is 27.7 Å². The van der Waals surface area contributed by atoms with E-state index in [1.54, 1.807) is 0 Å². The topological polar surface area (TPSA) is 87.7 Å². The summed E-state index contributed by atoms with van der Waals surface area (Å²) in [4.78, 5) is 0. The Balaban J connectivity index is 0.000000364. The van der Waals surface area contributed by atoms with Gasteiger partial charge in [0.05, 0.1) is 11.4 Å². The zero-order chi connectivity index (χ0) is 15.1. The highest BCUT2D eigenvalue weighted by molar-refractivity contribution is 5.85. The molecule has 6 nitrogen and oxygen atoms in total. The Morgan fingerprint density at radius 2 is 1.19 bits per heavy atom. The average molecular weight is 315 g/mol. The van der Waals surface area contributed by atoms with Gasteiger partial charge in [0.2, 0.25) is 0 Å². The van der Waals surface area contributed by atoms with Crippen molar-refractivity contribution in [2.45, 2.75) is 53.9 Å². The van der Waals surface area contributed by atoms with Gasteiger partial charge in [0.15, 0.2) is 0 Å². The number of nitrogens with two attached hydrogens (primary N) is 2. The summed E-state index contributed by atoms with van der Waals surface area (Å²) in [6, 6.07) is 0. The van der Waals surface area contributed by atoms with Crippen LogP contribution in [0.15, 0.2) is 12.4 Å². The Kier molecular flexibility index (Phi) is 8.92. The summed E-state index contributed by atoms with van der Waals surface area (Å²) in [7, 11) is 0. The van der Waals surface area contributed by atoms with E-state index < -0.39 is 0 Å². The van der Waals surface area contributed by atoms with Crippen LogP contribution in [0.3, 0.4) is 0 Å². The highest BCUT2D eigenvalue weighted by atomic mass is 35.5. The molecule has 0 unspecified atom stereocenters. The van der Waals surface area contributed by atoms with Gasteiger partial charge < -0.3 is 11.5 Å². The van der Waals surface area contributed by atoms with Crippen molar-refractivity contribution < 1.29 is 0 Å². The lowest BCUT2D eigenvalue weighted by Gasteiger charge is -1.89. The van der Waals surface area contributed by atoms with Gasteiger partial charge >= 0.3 is 0 Å². The molecule has 7 heteroatoms. The van der Waals surface area contributed by atoms with Crippen LogP contribution in [0.2, 0.25) is 0 Å². The molecule has 0 saturated carbocycles. The maximum absolute atomic E-state index is 5.47. The van der Waals surface area contributed by atoms with Crippen molar-refractivity contribution in [3.8, 4) is 0 Å². The lowest BCUT2D eigenvalue weighted by atomic mass is 10.3. The minimum Gasteiger partial charge on any atom is -0.326 e. The van der Waals surface area contributed by atoms with Crippen LogP contribution in [0, 0.1) is 13.8 Å². The van der Waals surface area contributed by atoms with E-state index in [0.29, 0.717) is 13.1 Å². The third kappa shape index (κ3) is 5.49. The number of aryl methyl sites for hydroxylation is 4. The van der Waals surface area contributed by atoms with Crippen LogP contribution in [0.1, 0.15) is 36.4 Å². The molecule has 2 heterocycles. The monoisotopic (exact) mass is 314 g/mol. The van der Waals surface area contributed by atoms with Gasteiger partial charge in [0, 0.05) is 49.7 Å². The molecule has 0 fully saturated rings. The van der Waals surface area contributed by atoms with Crippen molar-refractivity contribution in [2.24, 2.45) is 11.5 Å². The van der Waals surface area contributed by atoms with Gasteiger partial charge in [-0.3, -0.25) is 9.36 Å². The fourth-order valence-electron chi connectivity index (χ4n) is 1.84. The summed E-state index contributed by atoms with van der Waals surface area (Å²) < 4.78 is 3.80. The molecular formula is C14H27ClN6. The second-order valence-electron chi connectivity index (χ2n) is 4.60. The van der Waals surface area contributed by atoms with Crippen LogP contribution >= 0.6 is 12.4 Å². The first-order valence-electron chi connectivity index (χ1n) is 7.01. The maximum Gasteiger partial charge on any atom is 0.0638 e. The summed E-state index contributed by atoms with van der Waals surface area (Å²) in [5.41, 5.74) is 15.3. The molecule has 0 amide bonds. The lowest BCUT2D eigenvalue weighted by molar-refractivity contribution is 0.653. The first-order chi connectivity index (χ1) is 9.55. The molecule has 4 N–H and O–H groups in total. The Morgan fingerprint density at radius 3 is 1.33 bits per heavy atom. The molecule has 0 aliphatic heterocycles. The third-order valence-corrected chi connectivity index (χ3v) is 3.18. The fourth-order valence-corrected chi connectivity index (χ4v) is 1.84. The summed E-state index contributed by atoms with van der Waals surface area (Å²) in [6.07, 6.45) is 3.99. The van der Waals surface area contributed by atoms with E-state index in [2.05, 4.69) is 24.0 Å². The summed E-state index contributed by atoms with van der Waals surface area (Å²) in [5, 5.41) is 8.47. The molecule has 2 aromatic rings. The van der Waals surface area contributed by atoms with Crippen LogP contribution in [-0.2, 0) is 26.2 Å². The zero-order valence-corrected chi connectivity index (χ0v) is 14.2. The van der Waals surface area contributed by atoms with E-state index in [0.717, 1.165) is 35.6 Å². The Labute approximate surface area is 132 Å². The van der Waals surface area contributed by atoms with Gasteiger partial charge in [-0.2, -0.15) is 10.2 Å². The number of rotatable bonds is 4. The van der Waals surface area contributed by atoms with E-state index in [1.807, 2.05) is 35.6 Å². The second-order valence-corrected chi connectivity index (χ2v) is 4.60. The van der Waals surface area contributed by atoms with Gasteiger partial charge in [-0.25, -0.2) is 0 Å². The number of hydrogen-bond donors (Lipinski definition) is 2. The molecule has 0 bridgehead atoms. The van der Waals surface area contributed by atoms with Crippen molar-refractivity contribution >= 4 is 12.4 Å². The quantitative estimate of drug-likeness (QED) is 0.900. The first kappa shape index (κ1) is 19.6. The molecule has 2 aromatic heterocycles. The molecule has 0 aliphatic carbocycles. The predicted molar refractivity (Wildman–Crippen MR) is 88.3 cm³/mol. The van der Waals surface area contributed by atoms with E-state index in [-0.39, 0.29) is 12.4 Å². The van der Waals surface area contributed by atoms with E-state index in [9.17, 15) is 0 Å². The molecule has 2 rings (SSSR count). The van der Waals surface area contributed by atoms with E-state index in [1.165, 1.54) is 0 Å². The van der Waals surface area contributed by atoms with Crippen LogP contribution in [0.4, 0.5) is 0 Å². The Morgan fingerprint density at radius 1 is 0.857 bits per heavy atom. The minimum absolute atomic E-state index is 0. The van der Waals surface area contributed by atoms with Crippen LogP contribution in [0.5, 0.6) is 0 Å². The summed E-state index contributed by atoms with van der Waals surface area (Å²) >= 11 is 0. The van der Waals surface area contributed by atoms with Crippen molar-refractivity contribution in [1.29, 1.82) is 0 Å². The van der Waals surface area contributed by atoms with Crippen LogP contribution in [-0.4, -0.2) is 19.6 Å². The minimum atomic E-state index is 0. The normalized spacial score (nSPS) is 9.81. The van der Waals surface area contributed by atoms with Crippen LogP contribution < -0.4 is 11.5 Å². The van der Waals surface area contributed by atoms with Gasteiger partial charge in [-0.1, -0.05) is 0 Å². The fraction of sp³-hybridized carbons (Fsp3) is 0.571. The number of halogens is 1. The Bertz CT molecular complexity index is 483. The molecule has 0 aliphatic rings. The molecule has 0 spiro atoms. The molecule has 0 atom stereocenters. The number of aromatic nitrogens is 4. The molecular weight excluding hydrogens is 288 g/mol. The van der Waals surface area contributed by atoms with Gasteiger partial charge in [0.1, 0.15) is 0 Å². The van der Waals surface area contributed by atoms with E-state index in [4.69, 9.17) is 11.5 Å². The van der Waals surface area contributed by atoms with Crippen molar-refractivity contribution in [1.82, 2.24) is 19.6 Å².